The van der Waals surface area contributed by atoms with Crippen molar-refractivity contribution in [3.05, 3.63) is 51.6 Å². The predicted molar refractivity (Wildman–Crippen MR) is 82.6 cm³/mol. The fourth-order valence-electron chi connectivity index (χ4n) is 1.93. The normalized spacial score (nSPS) is 18.1. The van der Waals surface area contributed by atoms with E-state index in [4.69, 9.17) is 9.47 Å². The molecule has 1 aliphatic rings. The highest BCUT2D eigenvalue weighted by atomic mass is 127. The molecular weight excluding hydrogens is 355 g/mol. The Kier molecular flexibility index (Phi) is 4.63. The van der Waals surface area contributed by atoms with Crippen molar-refractivity contribution in [3.63, 3.8) is 0 Å². The second kappa shape index (κ2) is 6.23. The van der Waals surface area contributed by atoms with Crippen LogP contribution in [-0.4, -0.2) is 18.7 Å². The zero-order valence-electron chi connectivity index (χ0n) is 10.7. The quantitative estimate of drug-likeness (QED) is 0.599. The summed E-state index contributed by atoms with van der Waals surface area (Å²) in [7, 11) is 0. The summed E-state index contributed by atoms with van der Waals surface area (Å²) in [5.41, 5.74) is 1.49. The van der Waals surface area contributed by atoms with Gasteiger partial charge in [-0.15, -0.1) is 0 Å². The van der Waals surface area contributed by atoms with E-state index in [-0.39, 0.29) is 12.1 Å². The highest BCUT2D eigenvalue weighted by molar-refractivity contribution is 14.1. The number of hydrogen-bond donors (Lipinski definition) is 0. The number of carbonyl (C=O) groups is 1. The molecule has 0 saturated carbocycles. The summed E-state index contributed by atoms with van der Waals surface area (Å²) < 4.78 is 11.8. The van der Waals surface area contributed by atoms with Gasteiger partial charge in [-0.2, -0.15) is 0 Å². The minimum Gasteiger partial charge on any atom is -0.484 e. The first-order chi connectivity index (χ1) is 9.13. The van der Waals surface area contributed by atoms with Gasteiger partial charge in [-0.05, 0) is 29.5 Å². The van der Waals surface area contributed by atoms with Crippen molar-refractivity contribution in [3.8, 4) is 0 Å². The minimum absolute atomic E-state index is 0.157. The van der Waals surface area contributed by atoms with Crippen molar-refractivity contribution in [2.75, 3.05) is 6.61 Å². The molecule has 0 aromatic heterocycles. The van der Waals surface area contributed by atoms with Gasteiger partial charge in [0.15, 0.2) is 0 Å². The van der Waals surface area contributed by atoms with Crippen LogP contribution in [0.3, 0.4) is 0 Å². The van der Waals surface area contributed by atoms with Gasteiger partial charge >= 0.3 is 5.97 Å². The van der Waals surface area contributed by atoms with E-state index in [0.717, 1.165) is 9.14 Å². The van der Waals surface area contributed by atoms with E-state index in [0.29, 0.717) is 24.4 Å². The van der Waals surface area contributed by atoms with Gasteiger partial charge < -0.3 is 9.47 Å². The third-order valence-electron chi connectivity index (χ3n) is 2.83. The lowest BCUT2D eigenvalue weighted by molar-refractivity contribution is -0.138. The summed E-state index contributed by atoms with van der Waals surface area (Å²) in [5.74, 6) is 0.309. The molecule has 0 fully saturated rings. The smallest absolute Gasteiger partial charge is 0.337 e. The molecule has 4 heteroatoms. The van der Waals surface area contributed by atoms with Crippen LogP contribution in [0.5, 0.6) is 0 Å². The van der Waals surface area contributed by atoms with Crippen LogP contribution >= 0.6 is 22.6 Å². The summed E-state index contributed by atoms with van der Waals surface area (Å²) >= 11 is 2.13. The van der Waals surface area contributed by atoms with Crippen LogP contribution in [0.2, 0.25) is 0 Å². The largest absolute Gasteiger partial charge is 0.484 e. The summed E-state index contributed by atoms with van der Waals surface area (Å²) in [6.45, 7) is 6.05. The molecule has 0 saturated heterocycles. The van der Waals surface area contributed by atoms with Crippen molar-refractivity contribution < 1.29 is 14.3 Å². The average Bonchev–Trinajstić information content (AvgIpc) is 2.85. The number of halogens is 1. The third kappa shape index (κ3) is 3.18. The molecule has 0 spiro atoms. The van der Waals surface area contributed by atoms with Gasteiger partial charge in [0, 0.05) is 15.6 Å². The molecule has 3 nitrogen and oxygen atoms in total. The van der Waals surface area contributed by atoms with Crippen LogP contribution in [0, 0.1) is 0 Å². The monoisotopic (exact) mass is 370 g/mol. The summed E-state index contributed by atoms with van der Waals surface area (Å²) in [5, 5.41) is 0. The maximum Gasteiger partial charge on any atom is 0.337 e. The lowest BCUT2D eigenvalue weighted by Gasteiger charge is -2.11. The summed E-state index contributed by atoms with van der Waals surface area (Å²) in [4.78, 5) is 12.0. The van der Waals surface area contributed by atoms with E-state index in [1.54, 1.807) is 6.92 Å². The molecular formula is C15H15IO3. The van der Waals surface area contributed by atoms with Gasteiger partial charge in [-0.1, -0.05) is 36.9 Å². The topological polar surface area (TPSA) is 35.5 Å². The number of rotatable bonds is 4. The molecule has 1 aromatic rings. The Hall–Kier alpha value is -1.30. The second-order valence-electron chi connectivity index (χ2n) is 4.15. The molecule has 0 N–H and O–H groups in total. The van der Waals surface area contributed by atoms with E-state index in [1.165, 1.54) is 0 Å². The average molecular weight is 370 g/mol. The van der Waals surface area contributed by atoms with Crippen molar-refractivity contribution in [2.24, 2.45) is 0 Å². The van der Waals surface area contributed by atoms with Gasteiger partial charge in [0.2, 0.25) is 0 Å². The molecule has 0 aliphatic carbocycles. The molecule has 1 heterocycles. The van der Waals surface area contributed by atoms with Gasteiger partial charge in [-0.25, -0.2) is 4.79 Å². The number of ether oxygens (including phenoxy) is 2. The fraction of sp³-hybridized carbons (Fsp3) is 0.267. The van der Waals surface area contributed by atoms with E-state index < -0.39 is 0 Å². The van der Waals surface area contributed by atoms with Crippen LogP contribution in [0.15, 0.2) is 46.1 Å². The van der Waals surface area contributed by atoms with Crippen LogP contribution in [0.1, 0.15) is 18.9 Å². The molecule has 1 aromatic carbocycles. The Morgan fingerprint density at radius 2 is 2.16 bits per heavy atom. The molecule has 0 amide bonds. The maximum atomic E-state index is 12.0. The highest BCUT2D eigenvalue weighted by Gasteiger charge is 2.32. The predicted octanol–water partition coefficient (Wildman–Crippen LogP) is 3.70. The Balaban J connectivity index is 2.35. The van der Waals surface area contributed by atoms with Crippen molar-refractivity contribution >= 4 is 34.3 Å². The molecule has 100 valence electrons. The first kappa shape index (κ1) is 14.1. The van der Waals surface area contributed by atoms with Gasteiger partial charge in [0.05, 0.1) is 12.2 Å². The van der Waals surface area contributed by atoms with E-state index >= 15 is 0 Å². The SMILES string of the molecule is C=C(I)C1CC(C(=O)OCC)=C(c2ccccc2)O1. The lowest BCUT2D eigenvalue weighted by Crippen LogP contribution is -2.09. The van der Waals surface area contributed by atoms with Crippen LogP contribution in [0.25, 0.3) is 5.76 Å². The number of benzene rings is 1. The lowest BCUT2D eigenvalue weighted by atomic mass is 10.1. The van der Waals surface area contributed by atoms with Crippen LogP contribution in [0.4, 0.5) is 0 Å². The molecule has 2 rings (SSSR count). The first-order valence-electron chi connectivity index (χ1n) is 6.10. The van der Waals surface area contributed by atoms with Crippen molar-refractivity contribution in [1.82, 2.24) is 0 Å². The molecule has 0 radical (unpaired) electrons. The minimum atomic E-state index is -0.304. The van der Waals surface area contributed by atoms with E-state index in [2.05, 4.69) is 29.2 Å². The molecule has 0 bridgehead atoms. The van der Waals surface area contributed by atoms with Crippen LogP contribution in [-0.2, 0) is 14.3 Å². The van der Waals surface area contributed by atoms with Gasteiger partial charge in [0.1, 0.15) is 11.9 Å². The zero-order chi connectivity index (χ0) is 13.8. The summed E-state index contributed by atoms with van der Waals surface area (Å²) in [6.07, 6.45) is 0.361. The van der Waals surface area contributed by atoms with Gasteiger partial charge in [0.25, 0.3) is 0 Å². The Bertz CT molecular complexity index is 519. The van der Waals surface area contributed by atoms with Crippen molar-refractivity contribution in [2.45, 2.75) is 19.4 Å². The Morgan fingerprint density at radius 1 is 1.47 bits per heavy atom. The number of esters is 1. The molecule has 1 atom stereocenters. The highest BCUT2D eigenvalue weighted by Crippen LogP contribution is 2.37. The van der Waals surface area contributed by atoms with Gasteiger partial charge in [-0.3, -0.25) is 0 Å². The van der Waals surface area contributed by atoms with Crippen molar-refractivity contribution in [1.29, 1.82) is 0 Å². The molecule has 19 heavy (non-hydrogen) atoms. The number of hydrogen-bond acceptors (Lipinski definition) is 3. The van der Waals surface area contributed by atoms with E-state index in [1.807, 2.05) is 30.3 Å². The third-order valence-corrected chi connectivity index (χ3v) is 3.53. The maximum absolute atomic E-state index is 12.0. The molecule has 1 unspecified atom stereocenters. The zero-order valence-corrected chi connectivity index (χ0v) is 12.8. The van der Waals surface area contributed by atoms with E-state index in [9.17, 15) is 4.79 Å². The second-order valence-corrected chi connectivity index (χ2v) is 5.54. The molecule has 1 aliphatic heterocycles. The fourth-order valence-corrected chi connectivity index (χ4v) is 2.28. The van der Waals surface area contributed by atoms with Crippen LogP contribution < -0.4 is 0 Å². The summed E-state index contributed by atoms with van der Waals surface area (Å²) in [6, 6.07) is 9.61. The standard InChI is InChI=1S/C15H15IO3/c1-3-18-15(17)12-9-13(10(2)16)19-14(12)11-7-5-4-6-8-11/h4-8,13H,2-3,9H2,1H3. The first-order valence-corrected chi connectivity index (χ1v) is 7.18. The Labute approximate surface area is 126 Å². The Morgan fingerprint density at radius 3 is 2.74 bits per heavy atom. The number of carbonyl (C=O) groups excluding carboxylic acids is 1.